The van der Waals surface area contributed by atoms with Crippen molar-refractivity contribution in [1.29, 1.82) is 0 Å². The first-order valence-electron chi connectivity index (χ1n) is 4.82. The van der Waals surface area contributed by atoms with E-state index >= 15 is 0 Å². The molecule has 0 aliphatic heterocycles. The van der Waals surface area contributed by atoms with Crippen molar-refractivity contribution in [1.82, 2.24) is 0 Å². The second-order valence-electron chi connectivity index (χ2n) is 3.26. The fourth-order valence-electron chi connectivity index (χ4n) is 1.00. The van der Waals surface area contributed by atoms with Gasteiger partial charge in [0.2, 0.25) is 0 Å². The summed E-state index contributed by atoms with van der Waals surface area (Å²) >= 11 is 0. The van der Waals surface area contributed by atoms with E-state index in [2.05, 4.69) is 43.0 Å². The first-order chi connectivity index (χ1) is 7.22. The van der Waals surface area contributed by atoms with Gasteiger partial charge in [-0.3, -0.25) is 0 Å². The largest absolute Gasteiger partial charge is 0.478 e. The SMILES string of the molecule is C(=C1CC1)c1ccccc1.C=CC(=O)O. The van der Waals surface area contributed by atoms with Crippen LogP contribution in [0.25, 0.3) is 6.08 Å². The van der Waals surface area contributed by atoms with Gasteiger partial charge in [-0.2, -0.15) is 0 Å². The molecule has 1 N–H and O–H groups in total. The van der Waals surface area contributed by atoms with Crippen molar-refractivity contribution >= 4 is 12.0 Å². The van der Waals surface area contributed by atoms with Crippen LogP contribution in [0.1, 0.15) is 18.4 Å². The van der Waals surface area contributed by atoms with Crippen molar-refractivity contribution < 1.29 is 9.90 Å². The molecule has 0 bridgehead atoms. The van der Waals surface area contributed by atoms with Crippen LogP contribution in [0, 0.1) is 0 Å². The molecule has 0 unspecified atom stereocenters. The molecule has 0 saturated heterocycles. The van der Waals surface area contributed by atoms with Gasteiger partial charge in [0.05, 0.1) is 0 Å². The van der Waals surface area contributed by atoms with Crippen LogP contribution < -0.4 is 0 Å². The Bertz CT molecular complexity index is 357. The quantitative estimate of drug-likeness (QED) is 0.748. The van der Waals surface area contributed by atoms with Gasteiger partial charge >= 0.3 is 5.97 Å². The minimum Gasteiger partial charge on any atom is -0.478 e. The maximum absolute atomic E-state index is 9.25. The Morgan fingerprint density at radius 3 is 2.20 bits per heavy atom. The van der Waals surface area contributed by atoms with Gasteiger partial charge in [-0.25, -0.2) is 4.79 Å². The highest BCUT2D eigenvalue weighted by atomic mass is 16.4. The van der Waals surface area contributed by atoms with E-state index in [4.69, 9.17) is 5.11 Å². The molecule has 0 spiro atoms. The van der Waals surface area contributed by atoms with Crippen molar-refractivity contribution in [2.45, 2.75) is 12.8 Å². The summed E-state index contributed by atoms with van der Waals surface area (Å²) in [6, 6.07) is 10.5. The van der Waals surface area contributed by atoms with Crippen LogP contribution in [0.3, 0.4) is 0 Å². The summed E-state index contributed by atoms with van der Waals surface area (Å²) in [5.41, 5.74) is 2.93. The number of carboxylic acids is 1. The zero-order valence-corrected chi connectivity index (χ0v) is 8.52. The summed E-state index contributed by atoms with van der Waals surface area (Å²) in [6.45, 7) is 2.96. The van der Waals surface area contributed by atoms with Crippen LogP contribution in [0.2, 0.25) is 0 Å². The number of hydrogen-bond donors (Lipinski definition) is 1. The first-order valence-corrected chi connectivity index (χ1v) is 4.82. The molecule has 1 fully saturated rings. The molecule has 0 atom stereocenters. The van der Waals surface area contributed by atoms with Gasteiger partial charge in [0.1, 0.15) is 0 Å². The summed E-state index contributed by atoms with van der Waals surface area (Å²) in [7, 11) is 0. The normalized spacial score (nSPS) is 12.1. The van der Waals surface area contributed by atoms with E-state index in [1.807, 2.05) is 0 Å². The average molecular weight is 202 g/mol. The lowest BCUT2D eigenvalue weighted by Crippen LogP contribution is -1.82. The Morgan fingerprint density at radius 2 is 1.80 bits per heavy atom. The van der Waals surface area contributed by atoms with Crippen LogP contribution in [0.5, 0.6) is 0 Å². The monoisotopic (exact) mass is 202 g/mol. The lowest BCUT2D eigenvalue weighted by atomic mass is 10.2. The highest BCUT2D eigenvalue weighted by Gasteiger charge is 2.09. The van der Waals surface area contributed by atoms with Crippen LogP contribution in [-0.4, -0.2) is 11.1 Å². The molecule has 78 valence electrons. The molecule has 2 nitrogen and oxygen atoms in total. The summed E-state index contributed by atoms with van der Waals surface area (Å²) < 4.78 is 0. The Hall–Kier alpha value is -1.83. The summed E-state index contributed by atoms with van der Waals surface area (Å²) in [6.07, 6.45) is 5.74. The van der Waals surface area contributed by atoms with E-state index < -0.39 is 5.97 Å². The zero-order chi connectivity index (χ0) is 11.1. The fourth-order valence-corrected chi connectivity index (χ4v) is 1.00. The van der Waals surface area contributed by atoms with Gasteiger partial charge < -0.3 is 5.11 Å². The molecule has 0 aromatic heterocycles. The lowest BCUT2D eigenvalue weighted by molar-refractivity contribution is -0.131. The first kappa shape index (κ1) is 11.2. The Kier molecular flexibility index (Phi) is 4.35. The van der Waals surface area contributed by atoms with E-state index in [0.717, 1.165) is 6.08 Å². The van der Waals surface area contributed by atoms with Crippen molar-refractivity contribution in [3.63, 3.8) is 0 Å². The van der Waals surface area contributed by atoms with E-state index in [1.54, 1.807) is 5.57 Å². The van der Waals surface area contributed by atoms with Crippen molar-refractivity contribution in [3.05, 3.63) is 54.1 Å². The number of benzene rings is 1. The van der Waals surface area contributed by atoms with Crippen LogP contribution >= 0.6 is 0 Å². The Balaban J connectivity index is 0.000000195. The van der Waals surface area contributed by atoms with Gasteiger partial charge in [-0.15, -0.1) is 0 Å². The third-order valence-electron chi connectivity index (χ3n) is 1.88. The summed E-state index contributed by atoms with van der Waals surface area (Å²) in [5.74, 6) is -0.981. The van der Waals surface area contributed by atoms with Crippen LogP contribution in [0.4, 0.5) is 0 Å². The number of aliphatic carboxylic acids is 1. The van der Waals surface area contributed by atoms with Crippen LogP contribution in [0.15, 0.2) is 48.6 Å². The molecule has 1 aliphatic carbocycles. The predicted molar refractivity (Wildman–Crippen MR) is 61.5 cm³/mol. The molecule has 1 aromatic rings. The maximum Gasteiger partial charge on any atom is 0.327 e. The molecule has 0 radical (unpaired) electrons. The molecular weight excluding hydrogens is 188 g/mol. The van der Waals surface area contributed by atoms with Gasteiger partial charge in [0.25, 0.3) is 0 Å². The molecule has 0 heterocycles. The summed E-state index contributed by atoms with van der Waals surface area (Å²) in [4.78, 5) is 9.25. The molecule has 1 aromatic carbocycles. The number of carbonyl (C=O) groups is 1. The Labute approximate surface area is 89.6 Å². The smallest absolute Gasteiger partial charge is 0.327 e. The minimum atomic E-state index is -0.981. The second kappa shape index (κ2) is 5.81. The molecule has 15 heavy (non-hydrogen) atoms. The fraction of sp³-hybridized carbons (Fsp3) is 0.154. The summed E-state index contributed by atoms with van der Waals surface area (Å²) in [5, 5.41) is 7.60. The molecule has 0 amide bonds. The lowest BCUT2D eigenvalue weighted by Gasteiger charge is -1.87. The topological polar surface area (TPSA) is 37.3 Å². The Morgan fingerprint density at radius 1 is 1.27 bits per heavy atom. The number of allylic oxidation sites excluding steroid dienone is 1. The number of hydrogen-bond acceptors (Lipinski definition) is 1. The number of carboxylic acid groups (broad SMARTS) is 1. The zero-order valence-electron chi connectivity index (χ0n) is 8.52. The van der Waals surface area contributed by atoms with Crippen LogP contribution in [-0.2, 0) is 4.79 Å². The van der Waals surface area contributed by atoms with E-state index in [-0.39, 0.29) is 0 Å². The van der Waals surface area contributed by atoms with Gasteiger partial charge in [0, 0.05) is 6.08 Å². The minimum absolute atomic E-state index is 0.833. The predicted octanol–water partition coefficient (Wildman–Crippen LogP) is 3.12. The number of rotatable bonds is 2. The van der Waals surface area contributed by atoms with Crippen molar-refractivity contribution in [3.8, 4) is 0 Å². The van der Waals surface area contributed by atoms with Gasteiger partial charge in [-0.1, -0.05) is 48.6 Å². The molecule has 2 heteroatoms. The van der Waals surface area contributed by atoms with Crippen molar-refractivity contribution in [2.75, 3.05) is 0 Å². The molecule has 2 rings (SSSR count). The maximum atomic E-state index is 9.25. The third kappa shape index (κ3) is 5.47. The van der Waals surface area contributed by atoms with Gasteiger partial charge in [0.15, 0.2) is 0 Å². The van der Waals surface area contributed by atoms with E-state index in [9.17, 15) is 4.79 Å². The highest BCUT2D eigenvalue weighted by molar-refractivity contribution is 5.78. The van der Waals surface area contributed by atoms with Gasteiger partial charge in [-0.05, 0) is 18.4 Å². The van der Waals surface area contributed by atoms with E-state index in [0.29, 0.717) is 0 Å². The molecule has 1 aliphatic rings. The molecule has 1 saturated carbocycles. The highest BCUT2D eigenvalue weighted by Crippen LogP contribution is 2.29. The molecular formula is C13H14O2. The van der Waals surface area contributed by atoms with E-state index in [1.165, 1.54) is 18.4 Å². The second-order valence-corrected chi connectivity index (χ2v) is 3.26. The standard InChI is InChI=1S/C10H10.C3H4O2/c1-2-4-9(5-3-1)8-10-6-7-10;1-2-3(4)5/h1-5,8H,6-7H2;2H,1H2,(H,4,5). The van der Waals surface area contributed by atoms with Crippen molar-refractivity contribution in [2.24, 2.45) is 0 Å². The third-order valence-corrected chi connectivity index (χ3v) is 1.88. The average Bonchev–Trinajstić information content (AvgIpc) is 3.04.